The molecule has 0 aromatic heterocycles. The normalized spacial score (nSPS) is 12.2. The molecule has 1 aromatic rings. The fraction of sp³-hybridized carbons (Fsp3) is 0.533. The van der Waals surface area contributed by atoms with Gasteiger partial charge in [-0.15, -0.1) is 0 Å². The molecule has 0 radical (unpaired) electrons. The van der Waals surface area contributed by atoms with E-state index in [0.29, 0.717) is 25.4 Å². The van der Waals surface area contributed by atoms with Crippen LogP contribution in [0.5, 0.6) is 0 Å². The highest BCUT2D eigenvalue weighted by molar-refractivity contribution is 6.00. The number of carbonyl (C=O) groups excluding carboxylic acids is 1. The molecule has 1 rings (SSSR count). The highest BCUT2D eigenvalue weighted by atomic mass is 19.1. The van der Waals surface area contributed by atoms with Crippen molar-refractivity contribution in [1.82, 2.24) is 0 Å². The predicted molar refractivity (Wildman–Crippen MR) is 77.0 cm³/mol. The number of anilines is 1. The van der Waals surface area contributed by atoms with Crippen molar-refractivity contribution in [3.8, 4) is 0 Å². The first-order chi connectivity index (χ1) is 9.52. The van der Waals surface area contributed by atoms with Crippen LogP contribution < -0.4 is 4.90 Å². The molecule has 1 aromatic carbocycles. The third-order valence-electron chi connectivity index (χ3n) is 3.13. The first kappa shape index (κ1) is 16.6. The van der Waals surface area contributed by atoms with Gasteiger partial charge in [-0.25, -0.2) is 4.39 Å². The Hall–Kier alpha value is -1.46. The third kappa shape index (κ3) is 4.02. The lowest BCUT2D eigenvalue weighted by atomic mass is 10.1. The number of ketones is 1. The summed E-state index contributed by atoms with van der Waals surface area (Å²) in [5, 5.41) is 0. The molecule has 20 heavy (non-hydrogen) atoms. The van der Waals surface area contributed by atoms with Crippen molar-refractivity contribution >= 4 is 11.5 Å². The Kier molecular flexibility index (Phi) is 6.61. The van der Waals surface area contributed by atoms with Crippen LogP contribution in [0.4, 0.5) is 10.1 Å². The van der Waals surface area contributed by atoms with Gasteiger partial charge >= 0.3 is 0 Å². The van der Waals surface area contributed by atoms with Gasteiger partial charge in [0.1, 0.15) is 5.82 Å². The van der Waals surface area contributed by atoms with Gasteiger partial charge in [0, 0.05) is 26.8 Å². The lowest BCUT2D eigenvalue weighted by Crippen LogP contribution is -2.39. The minimum absolute atomic E-state index is 0.00931. The highest BCUT2D eigenvalue weighted by Gasteiger charge is 2.21. The van der Waals surface area contributed by atoms with Crippen molar-refractivity contribution in [2.24, 2.45) is 0 Å². The number of ether oxygens (including phenoxy) is 2. The fourth-order valence-corrected chi connectivity index (χ4v) is 2.20. The van der Waals surface area contributed by atoms with Crippen molar-refractivity contribution in [1.29, 1.82) is 0 Å². The highest BCUT2D eigenvalue weighted by Crippen LogP contribution is 2.25. The Morgan fingerprint density at radius 3 is 2.60 bits per heavy atom. The molecule has 0 fully saturated rings. The molecule has 0 amide bonds. The van der Waals surface area contributed by atoms with Crippen LogP contribution in [0, 0.1) is 5.82 Å². The van der Waals surface area contributed by atoms with Crippen molar-refractivity contribution in [2.75, 3.05) is 38.9 Å². The molecule has 0 bridgehead atoms. The van der Waals surface area contributed by atoms with Crippen molar-refractivity contribution in [2.45, 2.75) is 19.9 Å². The number of rotatable bonds is 8. The van der Waals surface area contributed by atoms with E-state index in [4.69, 9.17) is 9.47 Å². The summed E-state index contributed by atoms with van der Waals surface area (Å²) in [5.74, 6) is -0.785. The van der Waals surface area contributed by atoms with E-state index >= 15 is 0 Å². The van der Waals surface area contributed by atoms with E-state index in [9.17, 15) is 9.18 Å². The van der Waals surface area contributed by atoms with Gasteiger partial charge in [-0.05, 0) is 26.0 Å². The zero-order valence-electron chi connectivity index (χ0n) is 12.5. The maximum absolute atomic E-state index is 13.9. The Bertz CT molecular complexity index is 451. The molecule has 112 valence electrons. The molecule has 0 saturated heterocycles. The van der Waals surface area contributed by atoms with Gasteiger partial charge in [0.15, 0.2) is 5.78 Å². The number of nitrogens with zero attached hydrogens (tertiary/aromatic N) is 1. The van der Waals surface area contributed by atoms with Crippen LogP contribution in [-0.2, 0) is 9.47 Å². The minimum atomic E-state index is -0.498. The van der Waals surface area contributed by atoms with Crippen LogP contribution in [0.1, 0.15) is 24.2 Å². The molecular formula is C15H22FNO3. The van der Waals surface area contributed by atoms with Crippen LogP contribution in [0.25, 0.3) is 0 Å². The second-order valence-electron chi connectivity index (χ2n) is 4.68. The molecular weight excluding hydrogens is 261 g/mol. The maximum atomic E-state index is 13.9. The van der Waals surface area contributed by atoms with E-state index in [-0.39, 0.29) is 17.4 Å². The third-order valence-corrected chi connectivity index (χ3v) is 3.13. The Morgan fingerprint density at radius 2 is 2.05 bits per heavy atom. The standard InChI is InChI=1S/C15H22FNO3/c1-11(10-20-4)17(8-9-19-3)14-7-5-6-13(16)15(14)12(2)18/h5-7,11H,8-10H2,1-4H3. The largest absolute Gasteiger partial charge is 0.383 e. The van der Waals surface area contributed by atoms with E-state index in [1.165, 1.54) is 13.0 Å². The monoisotopic (exact) mass is 283 g/mol. The second kappa shape index (κ2) is 7.97. The molecule has 0 heterocycles. The summed E-state index contributed by atoms with van der Waals surface area (Å²) in [7, 11) is 3.22. The van der Waals surface area contributed by atoms with Crippen LogP contribution in [-0.4, -0.2) is 45.8 Å². The topological polar surface area (TPSA) is 38.8 Å². The SMILES string of the molecule is COCCN(c1cccc(F)c1C(C)=O)C(C)COC. The number of hydrogen-bond donors (Lipinski definition) is 0. The number of hydrogen-bond acceptors (Lipinski definition) is 4. The van der Waals surface area contributed by atoms with Crippen LogP contribution in [0.2, 0.25) is 0 Å². The van der Waals surface area contributed by atoms with Gasteiger partial charge in [0.2, 0.25) is 0 Å². The van der Waals surface area contributed by atoms with Gasteiger partial charge in [0.25, 0.3) is 0 Å². The van der Waals surface area contributed by atoms with E-state index in [2.05, 4.69) is 0 Å². The van der Waals surface area contributed by atoms with E-state index in [1.54, 1.807) is 26.4 Å². The number of carbonyl (C=O) groups is 1. The maximum Gasteiger partial charge on any atom is 0.164 e. The van der Waals surface area contributed by atoms with Gasteiger partial charge in [0.05, 0.1) is 24.5 Å². The molecule has 1 unspecified atom stereocenters. The molecule has 0 spiro atoms. The van der Waals surface area contributed by atoms with E-state index < -0.39 is 5.82 Å². The second-order valence-corrected chi connectivity index (χ2v) is 4.68. The summed E-state index contributed by atoms with van der Waals surface area (Å²) >= 11 is 0. The van der Waals surface area contributed by atoms with Crippen molar-refractivity contribution in [3.63, 3.8) is 0 Å². The summed E-state index contributed by atoms with van der Waals surface area (Å²) in [6.45, 7) is 4.87. The zero-order chi connectivity index (χ0) is 15.1. The van der Waals surface area contributed by atoms with Crippen LogP contribution in [0.15, 0.2) is 18.2 Å². The van der Waals surface area contributed by atoms with Gasteiger partial charge in [-0.1, -0.05) is 6.07 Å². The minimum Gasteiger partial charge on any atom is -0.383 e. The van der Waals surface area contributed by atoms with Crippen LogP contribution in [0.3, 0.4) is 0 Å². The molecule has 0 aliphatic carbocycles. The number of halogens is 1. The number of Topliss-reactive ketones (excluding diaryl/α,β-unsaturated/α-hetero) is 1. The van der Waals surface area contributed by atoms with Crippen molar-refractivity contribution in [3.05, 3.63) is 29.6 Å². The summed E-state index contributed by atoms with van der Waals surface area (Å²) < 4.78 is 24.2. The van der Waals surface area contributed by atoms with E-state index in [1.807, 2.05) is 11.8 Å². The zero-order valence-corrected chi connectivity index (χ0v) is 12.5. The van der Waals surface area contributed by atoms with Gasteiger partial charge < -0.3 is 14.4 Å². The molecule has 1 atom stereocenters. The summed E-state index contributed by atoms with van der Waals surface area (Å²) in [6.07, 6.45) is 0. The first-order valence-corrected chi connectivity index (χ1v) is 6.56. The summed E-state index contributed by atoms with van der Waals surface area (Å²) in [6, 6.07) is 4.67. The first-order valence-electron chi connectivity index (χ1n) is 6.56. The summed E-state index contributed by atoms with van der Waals surface area (Å²) in [4.78, 5) is 13.7. The average molecular weight is 283 g/mol. The molecule has 5 heteroatoms. The molecule has 0 aliphatic heterocycles. The Labute approximate surface area is 119 Å². The Balaban J connectivity index is 3.18. The fourth-order valence-electron chi connectivity index (χ4n) is 2.20. The van der Waals surface area contributed by atoms with Crippen LogP contribution >= 0.6 is 0 Å². The van der Waals surface area contributed by atoms with Crippen molar-refractivity contribution < 1.29 is 18.7 Å². The molecule has 0 N–H and O–H groups in total. The van der Waals surface area contributed by atoms with E-state index in [0.717, 1.165) is 0 Å². The molecule has 0 aliphatic rings. The molecule has 4 nitrogen and oxygen atoms in total. The number of methoxy groups -OCH3 is 2. The lowest BCUT2D eigenvalue weighted by Gasteiger charge is -2.32. The lowest BCUT2D eigenvalue weighted by molar-refractivity contribution is 0.101. The average Bonchev–Trinajstić information content (AvgIpc) is 2.39. The Morgan fingerprint density at radius 1 is 1.35 bits per heavy atom. The van der Waals surface area contributed by atoms with Gasteiger partial charge in [-0.3, -0.25) is 4.79 Å². The predicted octanol–water partition coefficient (Wildman–Crippen LogP) is 2.52. The quantitative estimate of drug-likeness (QED) is 0.687. The van der Waals surface area contributed by atoms with Gasteiger partial charge in [-0.2, -0.15) is 0 Å². The smallest absolute Gasteiger partial charge is 0.164 e. The summed E-state index contributed by atoms with van der Waals surface area (Å²) in [5.41, 5.74) is 0.700. The number of benzene rings is 1. The molecule has 0 saturated carbocycles.